The van der Waals surface area contributed by atoms with E-state index in [0.29, 0.717) is 16.9 Å². The lowest BCUT2D eigenvalue weighted by Gasteiger charge is -2.30. The number of fused-ring (bicyclic) bond motifs is 1. The van der Waals surface area contributed by atoms with Gasteiger partial charge in [-0.3, -0.25) is 15.0 Å². The number of ether oxygens (including phenoxy) is 2. The van der Waals surface area contributed by atoms with E-state index in [4.69, 9.17) is 9.47 Å². The van der Waals surface area contributed by atoms with Crippen molar-refractivity contribution in [3.8, 4) is 5.75 Å². The average Bonchev–Trinajstić information content (AvgIpc) is 2.79. The van der Waals surface area contributed by atoms with Crippen molar-refractivity contribution in [1.82, 2.24) is 10.9 Å². The van der Waals surface area contributed by atoms with Gasteiger partial charge >= 0.3 is 0 Å². The van der Waals surface area contributed by atoms with Gasteiger partial charge in [0.05, 0.1) is 19.1 Å². The smallest absolute Gasteiger partial charge is 0.266 e. The van der Waals surface area contributed by atoms with Crippen molar-refractivity contribution in [2.75, 3.05) is 14.2 Å². The minimum Gasteiger partial charge on any atom is -0.497 e. The third-order valence-corrected chi connectivity index (χ3v) is 5.23. The van der Waals surface area contributed by atoms with Crippen LogP contribution in [0.1, 0.15) is 27.1 Å². The summed E-state index contributed by atoms with van der Waals surface area (Å²) in [6.45, 7) is 0. The molecule has 2 aromatic carbocycles. The van der Waals surface area contributed by atoms with Gasteiger partial charge in [-0.1, -0.05) is 23.9 Å². The molecule has 0 saturated carbocycles. The third kappa shape index (κ3) is 3.68. The molecule has 0 radical (unpaired) electrons. The number of hydrazine groups is 1. The molecule has 1 amide bonds. The molecule has 0 saturated heterocycles. The number of benzene rings is 2. The van der Waals surface area contributed by atoms with E-state index < -0.39 is 5.06 Å². The summed E-state index contributed by atoms with van der Waals surface area (Å²) in [6.07, 6.45) is 0.0368. The number of nitrogens with one attached hydrogen (secondary N) is 2. The molecule has 2 aromatic rings. The number of carbonyl (C=O) groups excluding carboxylic acids is 2. The summed E-state index contributed by atoms with van der Waals surface area (Å²) in [5, 5.41) is -1.10. The summed E-state index contributed by atoms with van der Waals surface area (Å²) in [5.74, 6) is 0.304. The summed E-state index contributed by atoms with van der Waals surface area (Å²) >= 11 is 1.30. The normalized spacial score (nSPS) is 19.5. The molecule has 2 N–H and O–H groups in total. The number of amides is 1. The fourth-order valence-corrected chi connectivity index (χ4v) is 3.66. The van der Waals surface area contributed by atoms with Crippen molar-refractivity contribution in [2.45, 2.75) is 16.4 Å². The molecule has 130 valence electrons. The van der Waals surface area contributed by atoms with E-state index in [1.165, 1.54) is 18.9 Å². The van der Waals surface area contributed by atoms with E-state index in [1.54, 1.807) is 43.5 Å². The van der Waals surface area contributed by atoms with E-state index in [1.807, 2.05) is 12.1 Å². The van der Waals surface area contributed by atoms with E-state index in [9.17, 15) is 9.59 Å². The first-order valence-corrected chi connectivity index (χ1v) is 8.46. The van der Waals surface area contributed by atoms with Gasteiger partial charge < -0.3 is 9.47 Å². The highest BCUT2D eigenvalue weighted by atomic mass is 32.2. The quantitative estimate of drug-likeness (QED) is 0.800. The van der Waals surface area contributed by atoms with Crippen LogP contribution in [-0.2, 0) is 4.74 Å². The lowest BCUT2D eigenvalue weighted by molar-refractivity contribution is 0.0229. The third-order valence-electron chi connectivity index (χ3n) is 3.91. The highest BCUT2D eigenvalue weighted by Crippen LogP contribution is 2.38. The Morgan fingerprint density at radius 1 is 1.12 bits per heavy atom. The number of hydrogen-bond donors (Lipinski definition) is 2. The first kappa shape index (κ1) is 17.5. The molecular weight excluding hydrogens is 340 g/mol. The fourth-order valence-electron chi connectivity index (χ4n) is 2.50. The Kier molecular flexibility index (Phi) is 5.08. The summed E-state index contributed by atoms with van der Waals surface area (Å²) in [4.78, 5) is 25.6. The molecule has 1 aliphatic rings. The van der Waals surface area contributed by atoms with E-state index in [0.717, 1.165) is 4.90 Å². The van der Waals surface area contributed by atoms with Crippen molar-refractivity contribution < 1.29 is 19.1 Å². The number of hydrogen-bond acceptors (Lipinski definition) is 6. The van der Waals surface area contributed by atoms with Crippen LogP contribution in [0.4, 0.5) is 0 Å². The van der Waals surface area contributed by atoms with Crippen molar-refractivity contribution >= 4 is 23.5 Å². The van der Waals surface area contributed by atoms with Crippen LogP contribution in [0.15, 0.2) is 53.4 Å². The summed E-state index contributed by atoms with van der Waals surface area (Å²) in [6, 6.07) is 14.1. The van der Waals surface area contributed by atoms with Gasteiger partial charge in [0.2, 0.25) is 0 Å². The van der Waals surface area contributed by atoms with Crippen LogP contribution < -0.4 is 15.6 Å². The van der Waals surface area contributed by atoms with Crippen LogP contribution in [0.3, 0.4) is 0 Å². The zero-order valence-corrected chi connectivity index (χ0v) is 14.7. The van der Waals surface area contributed by atoms with Crippen molar-refractivity contribution in [3.05, 3.63) is 59.7 Å². The van der Waals surface area contributed by atoms with Gasteiger partial charge in [0, 0.05) is 17.6 Å². The standard InChI is InChI=1S/C18H18N2O4S/c1-23-13-9-7-12(8-10-13)15(21)11-18(24-2)20-19-17(22)14-5-3-4-6-16(14)25-18/h3-10,20H,11H2,1-2H3,(H,19,22). The maximum absolute atomic E-state index is 12.7. The van der Waals surface area contributed by atoms with Crippen LogP contribution in [0, 0.1) is 0 Å². The second-order valence-corrected chi connectivity index (χ2v) is 6.77. The minimum absolute atomic E-state index is 0.0368. The van der Waals surface area contributed by atoms with Crippen molar-refractivity contribution in [3.63, 3.8) is 0 Å². The minimum atomic E-state index is -1.10. The predicted octanol–water partition coefficient (Wildman–Crippen LogP) is 2.61. The molecule has 0 fully saturated rings. The zero-order chi connectivity index (χ0) is 17.9. The van der Waals surface area contributed by atoms with Gasteiger partial charge in [0.15, 0.2) is 10.8 Å². The van der Waals surface area contributed by atoms with Gasteiger partial charge in [-0.05, 0) is 36.4 Å². The van der Waals surface area contributed by atoms with Gasteiger partial charge in [0.25, 0.3) is 5.91 Å². The second-order valence-electron chi connectivity index (χ2n) is 5.46. The molecule has 1 aliphatic heterocycles. The summed E-state index contributed by atoms with van der Waals surface area (Å²) in [7, 11) is 3.07. The molecule has 0 aromatic heterocycles. The maximum Gasteiger partial charge on any atom is 0.266 e. The monoisotopic (exact) mass is 358 g/mol. The largest absolute Gasteiger partial charge is 0.497 e. The second kappa shape index (κ2) is 7.26. The SMILES string of the molecule is COc1ccc(C(=O)CC2(OC)NNC(=O)c3ccccc3S2)cc1. The molecule has 25 heavy (non-hydrogen) atoms. The fraction of sp³-hybridized carbons (Fsp3) is 0.222. The van der Waals surface area contributed by atoms with E-state index in [2.05, 4.69) is 10.9 Å². The molecule has 6 nitrogen and oxygen atoms in total. The van der Waals surface area contributed by atoms with Crippen LogP contribution in [-0.4, -0.2) is 31.0 Å². The molecule has 7 heteroatoms. The van der Waals surface area contributed by atoms with Crippen LogP contribution in [0.25, 0.3) is 0 Å². The van der Waals surface area contributed by atoms with Gasteiger partial charge in [-0.2, -0.15) is 5.43 Å². The Hall–Kier alpha value is -2.35. The Labute approximate surface area is 149 Å². The molecular formula is C18H18N2O4S. The van der Waals surface area contributed by atoms with Crippen LogP contribution in [0.2, 0.25) is 0 Å². The van der Waals surface area contributed by atoms with Crippen molar-refractivity contribution in [2.24, 2.45) is 0 Å². The molecule has 1 atom stereocenters. The highest BCUT2D eigenvalue weighted by molar-refractivity contribution is 8.00. The molecule has 0 spiro atoms. The maximum atomic E-state index is 12.7. The molecule has 1 unspecified atom stereocenters. The Bertz CT molecular complexity index is 794. The Morgan fingerprint density at radius 2 is 1.84 bits per heavy atom. The summed E-state index contributed by atoms with van der Waals surface area (Å²) in [5.41, 5.74) is 6.55. The van der Waals surface area contributed by atoms with Crippen molar-refractivity contribution in [1.29, 1.82) is 0 Å². The van der Waals surface area contributed by atoms with E-state index in [-0.39, 0.29) is 18.1 Å². The Balaban J connectivity index is 1.85. The first-order chi connectivity index (χ1) is 12.1. The number of Topliss-reactive ketones (excluding diaryl/α,β-unsaturated/α-hetero) is 1. The predicted molar refractivity (Wildman–Crippen MR) is 94.6 cm³/mol. The zero-order valence-electron chi connectivity index (χ0n) is 13.9. The van der Waals surface area contributed by atoms with Gasteiger partial charge in [0.1, 0.15) is 5.75 Å². The Morgan fingerprint density at radius 3 is 2.52 bits per heavy atom. The summed E-state index contributed by atoms with van der Waals surface area (Å²) < 4.78 is 10.7. The average molecular weight is 358 g/mol. The number of thioether (sulfide) groups is 1. The van der Waals surface area contributed by atoms with Crippen LogP contribution in [0.5, 0.6) is 5.75 Å². The molecule has 0 aliphatic carbocycles. The van der Waals surface area contributed by atoms with E-state index >= 15 is 0 Å². The first-order valence-electron chi connectivity index (χ1n) is 7.65. The lowest BCUT2D eigenvalue weighted by Crippen LogP contribution is -2.53. The lowest BCUT2D eigenvalue weighted by atomic mass is 10.1. The molecule has 3 rings (SSSR count). The number of ketones is 1. The van der Waals surface area contributed by atoms with Gasteiger partial charge in [-0.15, -0.1) is 0 Å². The number of methoxy groups -OCH3 is 2. The number of carbonyl (C=O) groups is 2. The van der Waals surface area contributed by atoms with Crippen LogP contribution >= 0.6 is 11.8 Å². The van der Waals surface area contributed by atoms with Gasteiger partial charge in [-0.25, -0.2) is 0 Å². The molecule has 0 bridgehead atoms. The molecule has 1 heterocycles. The highest BCUT2D eigenvalue weighted by Gasteiger charge is 2.38. The number of rotatable bonds is 5. The topological polar surface area (TPSA) is 76.7 Å².